The Labute approximate surface area is 181 Å². The summed E-state index contributed by atoms with van der Waals surface area (Å²) in [5.41, 5.74) is 2.27. The van der Waals surface area contributed by atoms with Gasteiger partial charge in [0.1, 0.15) is 24.7 Å². The Balaban J connectivity index is 1.57. The van der Waals surface area contributed by atoms with Gasteiger partial charge in [0, 0.05) is 0 Å². The van der Waals surface area contributed by atoms with Crippen LogP contribution in [0.1, 0.15) is 11.1 Å². The lowest BCUT2D eigenvalue weighted by atomic mass is 10.1. The van der Waals surface area contributed by atoms with Crippen LogP contribution in [0.5, 0.6) is 11.5 Å². The third kappa shape index (κ3) is 4.57. The second-order valence-corrected chi connectivity index (χ2v) is 8.17. The fourth-order valence-electron chi connectivity index (χ4n) is 2.94. The van der Waals surface area contributed by atoms with Crippen molar-refractivity contribution in [3.05, 3.63) is 105 Å². The van der Waals surface area contributed by atoms with Crippen LogP contribution in [0.3, 0.4) is 0 Å². The Kier molecular flexibility index (Phi) is 5.98. The summed E-state index contributed by atoms with van der Waals surface area (Å²) in [5, 5.41) is 2.18. The smallest absolute Gasteiger partial charge is 0.134 e. The first kappa shape index (κ1) is 19.0. The highest BCUT2D eigenvalue weighted by atomic mass is 79.9. The molecule has 4 aromatic carbocycles. The first-order valence-corrected chi connectivity index (χ1v) is 10.5. The van der Waals surface area contributed by atoms with Crippen LogP contribution in [0.2, 0.25) is 0 Å². The van der Waals surface area contributed by atoms with Crippen molar-refractivity contribution in [1.29, 1.82) is 0 Å². The van der Waals surface area contributed by atoms with Gasteiger partial charge in [-0.15, -0.1) is 0 Å². The summed E-state index contributed by atoms with van der Waals surface area (Å²) < 4.78 is 13.9. The van der Waals surface area contributed by atoms with Crippen LogP contribution in [0.15, 0.2) is 93.9 Å². The van der Waals surface area contributed by atoms with Gasteiger partial charge in [0.05, 0.1) is 8.95 Å². The van der Waals surface area contributed by atoms with Crippen LogP contribution in [0.25, 0.3) is 10.8 Å². The minimum Gasteiger partial charge on any atom is -0.488 e. The summed E-state index contributed by atoms with van der Waals surface area (Å²) >= 11 is 7.25. The minimum atomic E-state index is 0.527. The standard InChI is InChI=1S/C24H18Br2O2/c25-21-11-19-12-22(26)24(28-16-18-9-5-2-6-10-18)14-20(19)13-23(21)27-15-17-7-3-1-4-8-17/h1-14H,15-16H2. The molecule has 0 saturated carbocycles. The van der Waals surface area contributed by atoms with E-state index < -0.39 is 0 Å². The number of hydrogen-bond donors (Lipinski definition) is 0. The Morgan fingerprint density at radius 1 is 0.536 bits per heavy atom. The summed E-state index contributed by atoms with van der Waals surface area (Å²) in [4.78, 5) is 0. The van der Waals surface area contributed by atoms with E-state index in [4.69, 9.17) is 9.47 Å². The number of hydrogen-bond acceptors (Lipinski definition) is 2. The highest BCUT2D eigenvalue weighted by molar-refractivity contribution is 9.11. The Morgan fingerprint density at radius 3 is 1.36 bits per heavy atom. The van der Waals surface area contributed by atoms with Gasteiger partial charge in [0.25, 0.3) is 0 Å². The summed E-state index contributed by atoms with van der Waals surface area (Å²) in [5.74, 6) is 1.63. The van der Waals surface area contributed by atoms with Crippen molar-refractivity contribution in [2.75, 3.05) is 0 Å². The van der Waals surface area contributed by atoms with Crippen LogP contribution in [-0.2, 0) is 13.2 Å². The molecular weight excluding hydrogens is 480 g/mol. The molecule has 0 saturated heterocycles. The molecule has 0 bridgehead atoms. The van der Waals surface area contributed by atoms with E-state index in [-0.39, 0.29) is 0 Å². The van der Waals surface area contributed by atoms with Crippen molar-refractivity contribution < 1.29 is 9.47 Å². The van der Waals surface area contributed by atoms with Crippen LogP contribution < -0.4 is 9.47 Å². The Bertz CT molecular complexity index is 996. The van der Waals surface area contributed by atoms with E-state index in [9.17, 15) is 0 Å². The predicted octanol–water partition coefficient (Wildman–Crippen LogP) is 7.52. The van der Waals surface area contributed by atoms with Crippen LogP contribution in [0, 0.1) is 0 Å². The van der Waals surface area contributed by atoms with E-state index in [1.807, 2.05) is 48.5 Å². The molecule has 4 heteroatoms. The van der Waals surface area contributed by atoms with Gasteiger partial charge >= 0.3 is 0 Å². The Hall–Kier alpha value is -2.30. The first-order valence-electron chi connectivity index (χ1n) is 8.95. The van der Waals surface area contributed by atoms with Crippen LogP contribution in [-0.4, -0.2) is 0 Å². The molecule has 28 heavy (non-hydrogen) atoms. The molecule has 0 atom stereocenters. The molecule has 0 aromatic heterocycles. The molecule has 0 radical (unpaired) electrons. The van der Waals surface area contributed by atoms with Crippen LogP contribution >= 0.6 is 31.9 Å². The number of rotatable bonds is 6. The maximum Gasteiger partial charge on any atom is 0.134 e. The second kappa shape index (κ2) is 8.80. The van der Waals surface area contributed by atoms with Gasteiger partial charge in [-0.1, -0.05) is 60.7 Å². The van der Waals surface area contributed by atoms with Crippen molar-refractivity contribution in [2.45, 2.75) is 13.2 Å². The zero-order chi connectivity index (χ0) is 19.3. The fraction of sp³-hybridized carbons (Fsp3) is 0.0833. The molecule has 0 amide bonds. The molecule has 0 N–H and O–H groups in total. The number of fused-ring (bicyclic) bond motifs is 1. The zero-order valence-electron chi connectivity index (χ0n) is 15.1. The van der Waals surface area contributed by atoms with Gasteiger partial charge in [-0.2, -0.15) is 0 Å². The van der Waals surface area contributed by atoms with E-state index in [1.165, 1.54) is 0 Å². The third-order valence-corrected chi connectivity index (χ3v) is 5.66. The molecule has 0 fully saturated rings. The molecule has 0 aliphatic carbocycles. The maximum atomic E-state index is 6.03. The average molecular weight is 498 g/mol. The monoisotopic (exact) mass is 496 g/mol. The Morgan fingerprint density at radius 2 is 0.929 bits per heavy atom. The van der Waals surface area contributed by atoms with Crippen molar-refractivity contribution in [3.63, 3.8) is 0 Å². The quantitative estimate of drug-likeness (QED) is 0.274. The molecule has 0 aliphatic rings. The van der Waals surface area contributed by atoms with E-state index in [0.717, 1.165) is 42.3 Å². The average Bonchev–Trinajstić information content (AvgIpc) is 2.72. The molecular formula is C24H18Br2O2. The van der Waals surface area contributed by atoms with Gasteiger partial charge in [0.2, 0.25) is 0 Å². The summed E-state index contributed by atoms with van der Waals surface area (Å²) in [6.07, 6.45) is 0. The molecule has 0 unspecified atom stereocenters. The number of ether oxygens (including phenoxy) is 2. The summed E-state index contributed by atoms with van der Waals surface area (Å²) in [7, 11) is 0. The minimum absolute atomic E-state index is 0.527. The number of halogens is 2. The lowest BCUT2D eigenvalue weighted by Gasteiger charge is -2.13. The first-order chi connectivity index (χ1) is 13.7. The summed E-state index contributed by atoms with van der Waals surface area (Å²) in [6.45, 7) is 1.05. The highest BCUT2D eigenvalue weighted by Crippen LogP contribution is 2.36. The number of benzene rings is 4. The van der Waals surface area contributed by atoms with E-state index >= 15 is 0 Å². The molecule has 140 valence electrons. The van der Waals surface area contributed by atoms with Gasteiger partial charge in [0.15, 0.2) is 0 Å². The topological polar surface area (TPSA) is 18.5 Å². The third-order valence-electron chi connectivity index (χ3n) is 4.42. The maximum absolute atomic E-state index is 6.03. The van der Waals surface area contributed by atoms with E-state index in [0.29, 0.717) is 13.2 Å². The van der Waals surface area contributed by atoms with Crippen molar-refractivity contribution in [3.8, 4) is 11.5 Å². The second-order valence-electron chi connectivity index (χ2n) is 6.46. The summed E-state index contributed by atoms with van der Waals surface area (Å²) in [6, 6.07) is 28.5. The lowest BCUT2D eigenvalue weighted by molar-refractivity contribution is 0.303. The molecule has 0 aliphatic heterocycles. The zero-order valence-corrected chi connectivity index (χ0v) is 18.2. The van der Waals surface area contributed by atoms with Crippen LogP contribution in [0.4, 0.5) is 0 Å². The highest BCUT2D eigenvalue weighted by Gasteiger charge is 2.09. The molecule has 4 aromatic rings. The normalized spacial score (nSPS) is 10.8. The largest absolute Gasteiger partial charge is 0.488 e. The van der Waals surface area contributed by atoms with Gasteiger partial charge in [-0.05, 0) is 78.0 Å². The lowest BCUT2D eigenvalue weighted by Crippen LogP contribution is -1.97. The van der Waals surface area contributed by atoms with E-state index in [2.05, 4.69) is 68.3 Å². The van der Waals surface area contributed by atoms with Gasteiger partial charge in [-0.25, -0.2) is 0 Å². The molecule has 0 heterocycles. The molecule has 4 rings (SSSR count). The van der Waals surface area contributed by atoms with Gasteiger partial charge in [-0.3, -0.25) is 0 Å². The van der Waals surface area contributed by atoms with Crippen molar-refractivity contribution in [2.24, 2.45) is 0 Å². The molecule has 2 nitrogen and oxygen atoms in total. The predicted molar refractivity (Wildman–Crippen MR) is 121 cm³/mol. The van der Waals surface area contributed by atoms with Gasteiger partial charge < -0.3 is 9.47 Å². The van der Waals surface area contributed by atoms with Crippen molar-refractivity contribution in [1.82, 2.24) is 0 Å². The van der Waals surface area contributed by atoms with Crippen molar-refractivity contribution >= 4 is 42.6 Å². The van der Waals surface area contributed by atoms with E-state index in [1.54, 1.807) is 0 Å². The molecule has 0 spiro atoms. The SMILES string of the molecule is Brc1cc2cc(Br)c(OCc3ccccc3)cc2cc1OCc1ccccc1. The fourth-order valence-corrected chi connectivity index (χ4v) is 3.90.